The SMILES string of the molecule is CCOC(=O)NC[Si](OCC)(OCC)OCC. The van der Waals surface area contributed by atoms with Crippen molar-refractivity contribution in [1.82, 2.24) is 5.32 Å². The quantitative estimate of drug-likeness (QED) is 0.637. The van der Waals surface area contributed by atoms with Crippen LogP contribution < -0.4 is 5.32 Å². The first-order chi connectivity index (χ1) is 8.14. The maximum Gasteiger partial charge on any atom is 0.521 e. The van der Waals surface area contributed by atoms with Crippen LogP contribution in [-0.2, 0) is 18.0 Å². The Morgan fingerprint density at radius 3 is 1.76 bits per heavy atom. The predicted molar refractivity (Wildman–Crippen MR) is 65.7 cm³/mol. The summed E-state index contributed by atoms with van der Waals surface area (Å²) in [5, 5.41) is 2.60. The van der Waals surface area contributed by atoms with Gasteiger partial charge in [0.05, 0.1) is 12.8 Å². The minimum Gasteiger partial charge on any atom is -0.450 e. The Labute approximate surface area is 104 Å². The van der Waals surface area contributed by atoms with E-state index in [0.717, 1.165) is 0 Å². The number of rotatable bonds is 9. The first-order valence-electron chi connectivity index (χ1n) is 5.96. The highest BCUT2D eigenvalue weighted by Gasteiger charge is 2.41. The Kier molecular flexibility index (Phi) is 9.05. The van der Waals surface area contributed by atoms with Crippen molar-refractivity contribution in [3.63, 3.8) is 0 Å². The van der Waals surface area contributed by atoms with E-state index in [1.54, 1.807) is 6.92 Å². The molecule has 0 aliphatic rings. The molecule has 0 aromatic carbocycles. The summed E-state index contributed by atoms with van der Waals surface area (Å²) >= 11 is 0. The number of carbonyl (C=O) groups excluding carboxylic acids is 1. The monoisotopic (exact) mass is 265 g/mol. The third-order valence-electron chi connectivity index (χ3n) is 1.82. The van der Waals surface area contributed by atoms with Gasteiger partial charge in [-0.15, -0.1) is 0 Å². The van der Waals surface area contributed by atoms with Crippen molar-refractivity contribution in [1.29, 1.82) is 0 Å². The fourth-order valence-corrected chi connectivity index (χ4v) is 3.54. The maximum absolute atomic E-state index is 11.2. The zero-order chi connectivity index (χ0) is 13.1. The third-order valence-corrected chi connectivity index (χ3v) is 4.61. The number of alkyl carbamates (subject to hydrolysis) is 1. The number of carbonyl (C=O) groups is 1. The Bertz CT molecular complexity index is 198. The van der Waals surface area contributed by atoms with Crippen LogP contribution in [0.1, 0.15) is 27.7 Å². The minimum atomic E-state index is -2.80. The van der Waals surface area contributed by atoms with Gasteiger partial charge in [0, 0.05) is 19.8 Å². The second kappa shape index (κ2) is 9.40. The number of amides is 1. The van der Waals surface area contributed by atoms with Crippen molar-refractivity contribution in [3.05, 3.63) is 0 Å². The molecule has 0 aliphatic carbocycles. The summed E-state index contributed by atoms with van der Waals surface area (Å²) in [4.78, 5) is 11.2. The molecule has 0 atom stereocenters. The summed E-state index contributed by atoms with van der Waals surface area (Å²) in [7, 11) is -2.80. The topological polar surface area (TPSA) is 66.0 Å². The lowest BCUT2D eigenvalue weighted by Crippen LogP contribution is -2.55. The molecule has 0 radical (unpaired) electrons. The van der Waals surface area contributed by atoms with E-state index in [1.165, 1.54) is 0 Å². The molecular formula is C10H23NO5Si. The molecule has 1 N–H and O–H groups in total. The molecule has 0 saturated carbocycles. The molecule has 0 fully saturated rings. The van der Waals surface area contributed by atoms with E-state index in [-0.39, 0.29) is 6.17 Å². The van der Waals surface area contributed by atoms with Crippen LogP contribution >= 0.6 is 0 Å². The van der Waals surface area contributed by atoms with Crippen LogP contribution in [0.2, 0.25) is 0 Å². The van der Waals surface area contributed by atoms with Gasteiger partial charge in [-0.25, -0.2) is 4.79 Å². The number of hydrogen-bond donors (Lipinski definition) is 1. The maximum atomic E-state index is 11.2. The molecule has 0 rings (SSSR count). The van der Waals surface area contributed by atoms with E-state index in [2.05, 4.69) is 5.32 Å². The standard InChI is InChI=1S/C10H23NO5Si/c1-5-13-10(12)11-9-17(14-6-2,15-7-3)16-8-4/h5-9H2,1-4H3,(H,11,12). The molecule has 102 valence electrons. The second-order valence-corrected chi connectivity index (χ2v) is 5.64. The Balaban J connectivity index is 4.37. The lowest BCUT2D eigenvalue weighted by molar-refractivity contribution is 0.0687. The molecule has 17 heavy (non-hydrogen) atoms. The Hall–Kier alpha value is -0.633. The van der Waals surface area contributed by atoms with E-state index in [4.69, 9.17) is 18.0 Å². The smallest absolute Gasteiger partial charge is 0.450 e. The Morgan fingerprint density at radius 2 is 1.41 bits per heavy atom. The largest absolute Gasteiger partial charge is 0.521 e. The van der Waals surface area contributed by atoms with Gasteiger partial charge in [0.15, 0.2) is 0 Å². The molecule has 0 aromatic rings. The van der Waals surface area contributed by atoms with E-state index < -0.39 is 14.9 Å². The van der Waals surface area contributed by atoms with E-state index in [9.17, 15) is 4.79 Å². The van der Waals surface area contributed by atoms with Crippen LogP contribution in [0.3, 0.4) is 0 Å². The molecule has 0 spiro atoms. The summed E-state index contributed by atoms with van der Waals surface area (Å²) in [6, 6.07) is 0. The first kappa shape index (κ1) is 16.4. The Morgan fingerprint density at radius 1 is 0.941 bits per heavy atom. The van der Waals surface area contributed by atoms with Gasteiger partial charge >= 0.3 is 14.9 Å². The fraction of sp³-hybridized carbons (Fsp3) is 0.900. The number of hydrogen-bond acceptors (Lipinski definition) is 5. The lowest BCUT2D eigenvalue weighted by Gasteiger charge is -2.28. The molecule has 6 nitrogen and oxygen atoms in total. The molecule has 7 heteroatoms. The molecule has 0 aromatic heterocycles. The first-order valence-corrected chi connectivity index (χ1v) is 7.89. The molecule has 0 saturated heterocycles. The normalized spacial score (nSPS) is 11.3. The summed E-state index contributed by atoms with van der Waals surface area (Å²) < 4.78 is 21.5. The highest BCUT2D eigenvalue weighted by atomic mass is 28.4. The van der Waals surface area contributed by atoms with Crippen molar-refractivity contribution in [2.75, 3.05) is 32.6 Å². The van der Waals surface area contributed by atoms with E-state index in [0.29, 0.717) is 26.4 Å². The van der Waals surface area contributed by atoms with Gasteiger partial charge in [0.25, 0.3) is 0 Å². The van der Waals surface area contributed by atoms with E-state index >= 15 is 0 Å². The average molecular weight is 265 g/mol. The summed E-state index contributed by atoms with van der Waals surface area (Å²) in [6.07, 6.45) is -0.259. The molecule has 0 aliphatic heterocycles. The zero-order valence-electron chi connectivity index (χ0n) is 11.1. The molecule has 0 bridgehead atoms. The highest BCUT2D eigenvalue weighted by Crippen LogP contribution is 2.08. The van der Waals surface area contributed by atoms with Crippen molar-refractivity contribution < 1.29 is 22.8 Å². The van der Waals surface area contributed by atoms with Gasteiger partial charge in [-0.3, -0.25) is 0 Å². The van der Waals surface area contributed by atoms with Crippen molar-refractivity contribution >= 4 is 14.9 Å². The number of ether oxygens (including phenoxy) is 1. The number of nitrogens with one attached hydrogen (secondary N) is 1. The van der Waals surface area contributed by atoms with E-state index in [1.807, 2.05) is 20.8 Å². The van der Waals surface area contributed by atoms with Crippen LogP contribution in [0.4, 0.5) is 4.79 Å². The van der Waals surface area contributed by atoms with Crippen LogP contribution in [0.25, 0.3) is 0 Å². The zero-order valence-corrected chi connectivity index (χ0v) is 12.1. The van der Waals surface area contributed by atoms with Gasteiger partial charge in [0.1, 0.15) is 0 Å². The fourth-order valence-electron chi connectivity index (χ4n) is 1.30. The summed E-state index contributed by atoms with van der Waals surface area (Å²) in [6.45, 7) is 9.12. The average Bonchev–Trinajstić information content (AvgIpc) is 2.28. The highest BCUT2D eigenvalue weighted by molar-refractivity contribution is 6.61. The van der Waals surface area contributed by atoms with Crippen LogP contribution in [0.15, 0.2) is 0 Å². The molecule has 1 amide bonds. The van der Waals surface area contributed by atoms with Crippen LogP contribution in [-0.4, -0.2) is 47.5 Å². The summed E-state index contributed by atoms with van der Waals surface area (Å²) in [5.41, 5.74) is 0. The van der Waals surface area contributed by atoms with Gasteiger partial charge in [0.2, 0.25) is 0 Å². The van der Waals surface area contributed by atoms with Gasteiger partial charge in [-0.2, -0.15) is 0 Å². The van der Waals surface area contributed by atoms with Crippen LogP contribution in [0, 0.1) is 0 Å². The van der Waals surface area contributed by atoms with Crippen molar-refractivity contribution in [3.8, 4) is 0 Å². The van der Waals surface area contributed by atoms with Crippen molar-refractivity contribution in [2.24, 2.45) is 0 Å². The molecule has 0 heterocycles. The van der Waals surface area contributed by atoms with Gasteiger partial charge < -0.3 is 23.3 Å². The van der Waals surface area contributed by atoms with Crippen LogP contribution in [0.5, 0.6) is 0 Å². The predicted octanol–water partition coefficient (Wildman–Crippen LogP) is 1.32. The minimum absolute atomic E-state index is 0.224. The lowest BCUT2D eigenvalue weighted by atomic mass is 10.9. The van der Waals surface area contributed by atoms with Crippen molar-refractivity contribution in [2.45, 2.75) is 27.7 Å². The molecular weight excluding hydrogens is 242 g/mol. The third kappa shape index (κ3) is 6.62. The second-order valence-electron chi connectivity index (χ2n) is 3.06. The van der Waals surface area contributed by atoms with Gasteiger partial charge in [-0.1, -0.05) is 0 Å². The summed E-state index contributed by atoms with van der Waals surface area (Å²) in [5.74, 6) is 0. The molecule has 0 unspecified atom stereocenters. The van der Waals surface area contributed by atoms with Gasteiger partial charge in [-0.05, 0) is 27.7 Å².